The van der Waals surface area contributed by atoms with Crippen LogP contribution in [0, 0.1) is 0 Å². The van der Waals surface area contributed by atoms with Gasteiger partial charge in [-0.1, -0.05) is 195 Å². The SMILES string of the molecule is C[Si]1(C)c2ccccc2-c2ccc(-c3nc(-c4ccccc4)c(-c4cccc(-c5nc(-c6ccccc6)cc(-c6ccccc6)n5)c4)nc3-c3ccccc3)cc21. The Morgan fingerprint density at radius 3 is 1.28 bits per heavy atom. The third-order valence-corrected chi connectivity index (χ3v) is 14.6. The average molecular weight is 747 g/mol. The van der Waals surface area contributed by atoms with E-state index in [2.05, 4.69) is 159 Å². The zero-order chi connectivity index (χ0) is 38.3. The van der Waals surface area contributed by atoms with Crippen molar-refractivity contribution in [2.75, 3.05) is 0 Å². The average Bonchev–Trinajstić information content (AvgIpc) is 3.52. The number of rotatable bonds is 7. The van der Waals surface area contributed by atoms with E-state index in [-0.39, 0.29) is 0 Å². The van der Waals surface area contributed by atoms with E-state index >= 15 is 0 Å². The molecule has 0 radical (unpaired) electrons. The van der Waals surface area contributed by atoms with Crippen molar-refractivity contribution in [3.05, 3.63) is 194 Å². The first kappa shape index (κ1) is 34.4. The van der Waals surface area contributed by atoms with Crippen LogP contribution in [0.25, 0.3) is 90.1 Å². The van der Waals surface area contributed by atoms with Crippen LogP contribution in [0.15, 0.2) is 194 Å². The van der Waals surface area contributed by atoms with Gasteiger partial charge in [0.25, 0.3) is 0 Å². The topological polar surface area (TPSA) is 51.6 Å². The maximum Gasteiger partial charge on any atom is 0.160 e. The van der Waals surface area contributed by atoms with Crippen molar-refractivity contribution >= 4 is 18.4 Å². The first-order valence-electron chi connectivity index (χ1n) is 19.4. The highest BCUT2D eigenvalue weighted by Gasteiger charge is 2.37. The molecule has 7 aromatic carbocycles. The summed E-state index contributed by atoms with van der Waals surface area (Å²) in [6.07, 6.45) is 0. The summed E-state index contributed by atoms with van der Waals surface area (Å²) >= 11 is 0. The molecule has 5 heteroatoms. The minimum absolute atomic E-state index is 0.650. The molecule has 10 rings (SSSR count). The molecule has 0 unspecified atom stereocenters. The molecule has 9 aromatic rings. The lowest BCUT2D eigenvalue weighted by Gasteiger charge is -2.20. The molecule has 4 nitrogen and oxygen atoms in total. The van der Waals surface area contributed by atoms with E-state index in [1.54, 1.807) is 0 Å². The van der Waals surface area contributed by atoms with Crippen LogP contribution in [0.2, 0.25) is 13.1 Å². The molecule has 1 aliphatic heterocycles. The van der Waals surface area contributed by atoms with Crippen molar-refractivity contribution in [1.29, 1.82) is 0 Å². The van der Waals surface area contributed by atoms with Crippen molar-refractivity contribution in [1.82, 2.24) is 19.9 Å². The van der Waals surface area contributed by atoms with Gasteiger partial charge in [-0.25, -0.2) is 19.9 Å². The van der Waals surface area contributed by atoms with E-state index in [0.29, 0.717) is 5.82 Å². The third kappa shape index (κ3) is 6.28. The molecule has 57 heavy (non-hydrogen) atoms. The van der Waals surface area contributed by atoms with Crippen LogP contribution >= 0.6 is 0 Å². The van der Waals surface area contributed by atoms with Crippen LogP contribution in [-0.2, 0) is 0 Å². The fourth-order valence-electron chi connectivity index (χ4n) is 8.18. The van der Waals surface area contributed by atoms with E-state index in [1.807, 2.05) is 48.5 Å². The van der Waals surface area contributed by atoms with E-state index < -0.39 is 8.07 Å². The van der Waals surface area contributed by atoms with E-state index in [0.717, 1.165) is 73.1 Å². The van der Waals surface area contributed by atoms with Crippen molar-refractivity contribution in [2.24, 2.45) is 0 Å². The molecule has 0 bridgehead atoms. The van der Waals surface area contributed by atoms with Gasteiger partial charge in [-0.15, -0.1) is 0 Å². The number of benzene rings is 7. The van der Waals surface area contributed by atoms with Gasteiger partial charge in [0.1, 0.15) is 8.07 Å². The predicted octanol–water partition coefficient (Wildman–Crippen LogP) is 11.7. The lowest BCUT2D eigenvalue weighted by molar-refractivity contribution is 1.18. The van der Waals surface area contributed by atoms with Gasteiger partial charge in [0.15, 0.2) is 5.82 Å². The number of hydrogen-bond donors (Lipinski definition) is 0. The van der Waals surface area contributed by atoms with Crippen molar-refractivity contribution in [3.8, 4) is 90.1 Å². The molecule has 3 heterocycles. The van der Waals surface area contributed by atoms with Crippen LogP contribution in [0.4, 0.5) is 0 Å². The van der Waals surface area contributed by atoms with Gasteiger partial charge in [0.05, 0.1) is 34.2 Å². The zero-order valence-electron chi connectivity index (χ0n) is 31.8. The van der Waals surface area contributed by atoms with Crippen molar-refractivity contribution in [3.63, 3.8) is 0 Å². The van der Waals surface area contributed by atoms with Crippen LogP contribution in [-0.4, -0.2) is 28.0 Å². The Labute approximate surface area is 334 Å². The van der Waals surface area contributed by atoms with Crippen LogP contribution in [0.1, 0.15) is 0 Å². The minimum Gasteiger partial charge on any atom is -0.243 e. The lowest BCUT2D eigenvalue weighted by Crippen LogP contribution is -2.49. The number of nitrogens with zero attached hydrogens (tertiary/aromatic N) is 4. The van der Waals surface area contributed by atoms with Gasteiger partial charge >= 0.3 is 0 Å². The summed E-state index contributed by atoms with van der Waals surface area (Å²) in [4.78, 5) is 21.5. The number of aromatic nitrogens is 4. The summed E-state index contributed by atoms with van der Waals surface area (Å²) in [5.74, 6) is 0.650. The molecular weight excluding hydrogens is 709 g/mol. The maximum atomic E-state index is 5.62. The molecule has 0 fully saturated rings. The number of fused-ring (bicyclic) bond motifs is 3. The van der Waals surface area contributed by atoms with Crippen molar-refractivity contribution < 1.29 is 0 Å². The lowest BCUT2D eigenvalue weighted by atomic mass is 9.97. The molecule has 0 atom stereocenters. The Balaban J connectivity index is 1.17. The summed E-state index contributed by atoms with van der Waals surface area (Å²) in [6, 6.07) is 67.8. The molecule has 2 aromatic heterocycles. The standard InChI is InChI=1S/C52H38N4Si/c1-57(2)46-29-16-15-28-42(46)43-31-30-40(33-47(43)57)51-49(38-24-13-6-14-25-38)55-50(48(56-51)37-22-11-5-12-23-37)39-26-17-27-41(32-39)52-53-44(35-18-7-3-8-19-35)34-45(54-52)36-20-9-4-10-21-36/h3-34H,1-2H3. The predicted molar refractivity (Wildman–Crippen MR) is 238 cm³/mol. The zero-order valence-corrected chi connectivity index (χ0v) is 32.8. The maximum absolute atomic E-state index is 5.62. The van der Waals surface area contributed by atoms with Crippen LogP contribution in [0.3, 0.4) is 0 Å². The molecule has 0 saturated heterocycles. The molecular formula is C52H38N4Si. The van der Waals surface area contributed by atoms with E-state index in [9.17, 15) is 0 Å². The summed E-state index contributed by atoms with van der Waals surface area (Å²) < 4.78 is 0. The van der Waals surface area contributed by atoms with E-state index in [4.69, 9.17) is 19.9 Å². The summed E-state index contributed by atoms with van der Waals surface area (Å²) in [7, 11) is -1.93. The molecule has 0 spiro atoms. The van der Waals surface area contributed by atoms with Gasteiger partial charge < -0.3 is 0 Å². The highest BCUT2D eigenvalue weighted by Crippen LogP contribution is 2.39. The van der Waals surface area contributed by atoms with Crippen molar-refractivity contribution in [2.45, 2.75) is 13.1 Å². The summed E-state index contributed by atoms with van der Waals surface area (Å²) in [6.45, 7) is 4.91. The second-order valence-corrected chi connectivity index (χ2v) is 19.4. The van der Waals surface area contributed by atoms with Crippen LogP contribution in [0.5, 0.6) is 0 Å². The van der Waals surface area contributed by atoms with Gasteiger partial charge in [0, 0.05) is 38.9 Å². The molecule has 0 amide bonds. The summed E-state index contributed by atoms with van der Waals surface area (Å²) in [5, 5.41) is 2.92. The highest BCUT2D eigenvalue weighted by atomic mass is 28.3. The fourth-order valence-corrected chi connectivity index (χ4v) is 11.3. The first-order valence-corrected chi connectivity index (χ1v) is 22.4. The highest BCUT2D eigenvalue weighted by molar-refractivity contribution is 7.03. The monoisotopic (exact) mass is 746 g/mol. The Morgan fingerprint density at radius 1 is 0.298 bits per heavy atom. The van der Waals surface area contributed by atoms with Crippen LogP contribution < -0.4 is 10.4 Å². The fraction of sp³-hybridized carbons (Fsp3) is 0.0385. The second-order valence-electron chi connectivity index (χ2n) is 15.1. The molecule has 270 valence electrons. The quantitative estimate of drug-likeness (QED) is 0.152. The normalized spacial score (nSPS) is 12.5. The Hall–Kier alpha value is -7.08. The third-order valence-electron chi connectivity index (χ3n) is 11.1. The van der Waals surface area contributed by atoms with Gasteiger partial charge in [-0.05, 0) is 33.6 Å². The summed E-state index contributed by atoms with van der Waals surface area (Å²) in [5.41, 5.74) is 14.8. The Kier molecular flexibility index (Phi) is 8.58. The first-order chi connectivity index (χ1) is 28.0. The van der Waals surface area contributed by atoms with Gasteiger partial charge in [0.2, 0.25) is 0 Å². The van der Waals surface area contributed by atoms with Gasteiger partial charge in [-0.2, -0.15) is 0 Å². The smallest absolute Gasteiger partial charge is 0.160 e. The molecule has 1 aliphatic rings. The van der Waals surface area contributed by atoms with Gasteiger partial charge in [-0.3, -0.25) is 0 Å². The molecule has 0 aliphatic carbocycles. The largest absolute Gasteiger partial charge is 0.243 e. The number of hydrogen-bond acceptors (Lipinski definition) is 4. The molecule has 0 N–H and O–H groups in total. The Morgan fingerprint density at radius 2 is 0.719 bits per heavy atom. The van der Waals surface area contributed by atoms with E-state index in [1.165, 1.54) is 21.5 Å². The minimum atomic E-state index is -1.93. The second kappa shape index (κ2) is 14.2. The Bertz CT molecular complexity index is 2850. The molecule has 0 saturated carbocycles.